The summed E-state index contributed by atoms with van der Waals surface area (Å²) < 4.78 is 0. The third-order valence-corrected chi connectivity index (χ3v) is 6.69. The van der Waals surface area contributed by atoms with Crippen molar-refractivity contribution in [2.75, 3.05) is 0 Å². The number of aryl methyl sites for hydroxylation is 3. The highest BCUT2D eigenvalue weighted by molar-refractivity contribution is 5.80. The molecule has 1 aliphatic carbocycles. The summed E-state index contributed by atoms with van der Waals surface area (Å²) in [5, 5.41) is 0. The van der Waals surface area contributed by atoms with Gasteiger partial charge in [-0.15, -0.1) is 0 Å². The van der Waals surface area contributed by atoms with Crippen LogP contribution in [0.5, 0.6) is 0 Å². The average molecular weight is 395 g/mol. The van der Waals surface area contributed by atoms with Crippen molar-refractivity contribution in [1.29, 1.82) is 0 Å². The number of hydrogen-bond acceptors (Lipinski definition) is 1. The predicted molar refractivity (Wildman–Crippen MR) is 126 cm³/mol. The first-order valence-electron chi connectivity index (χ1n) is 11.5. The van der Waals surface area contributed by atoms with Gasteiger partial charge in [-0.25, -0.2) is 4.98 Å². The Bertz CT molecular complexity index is 1110. The summed E-state index contributed by atoms with van der Waals surface area (Å²) in [5.74, 6) is 1.70. The van der Waals surface area contributed by atoms with Crippen molar-refractivity contribution in [3.05, 3.63) is 89.0 Å². The van der Waals surface area contributed by atoms with Crippen LogP contribution in [-0.2, 0) is 19.3 Å². The van der Waals surface area contributed by atoms with Crippen molar-refractivity contribution in [3.63, 3.8) is 0 Å². The van der Waals surface area contributed by atoms with E-state index in [2.05, 4.69) is 78.6 Å². The van der Waals surface area contributed by atoms with Crippen molar-refractivity contribution in [2.24, 2.45) is 0 Å². The number of imidazole rings is 1. The summed E-state index contributed by atoms with van der Waals surface area (Å²) >= 11 is 0. The zero-order valence-corrected chi connectivity index (χ0v) is 17.8. The molecule has 0 atom stereocenters. The molecule has 5 rings (SSSR count). The average Bonchev–Trinajstić information content (AvgIpc) is 3.48. The summed E-state index contributed by atoms with van der Waals surface area (Å²) in [7, 11) is 0. The summed E-state index contributed by atoms with van der Waals surface area (Å²) in [6.45, 7) is 2.20. The van der Waals surface area contributed by atoms with Crippen molar-refractivity contribution in [2.45, 2.75) is 57.8 Å². The highest BCUT2D eigenvalue weighted by Crippen LogP contribution is 2.35. The third-order valence-electron chi connectivity index (χ3n) is 6.69. The van der Waals surface area contributed by atoms with E-state index >= 15 is 0 Å². The number of nitrogens with zero attached hydrogens (tertiary/aromatic N) is 1. The van der Waals surface area contributed by atoms with Crippen LogP contribution in [0.1, 0.15) is 60.8 Å². The smallest absolute Gasteiger partial charge is 0.138 e. The highest BCUT2D eigenvalue weighted by atomic mass is 14.9. The Balaban J connectivity index is 1.28. The number of aromatic amines is 1. The van der Waals surface area contributed by atoms with Crippen LogP contribution in [0.2, 0.25) is 0 Å². The van der Waals surface area contributed by atoms with Crippen LogP contribution in [0.15, 0.2) is 66.7 Å². The van der Waals surface area contributed by atoms with Gasteiger partial charge >= 0.3 is 0 Å². The monoisotopic (exact) mass is 394 g/mol. The molecule has 0 aliphatic heterocycles. The quantitative estimate of drug-likeness (QED) is 0.367. The Labute approximate surface area is 179 Å². The number of hydrogen-bond donors (Lipinski definition) is 1. The van der Waals surface area contributed by atoms with Gasteiger partial charge in [0.2, 0.25) is 0 Å². The molecule has 0 radical (unpaired) electrons. The van der Waals surface area contributed by atoms with Gasteiger partial charge in [0.25, 0.3) is 0 Å². The first kappa shape index (κ1) is 19.1. The second-order valence-corrected chi connectivity index (χ2v) is 8.71. The lowest BCUT2D eigenvalue weighted by Crippen LogP contribution is -1.92. The first-order valence-corrected chi connectivity index (χ1v) is 11.5. The first-order chi connectivity index (χ1) is 14.8. The van der Waals surface area contributed by atoms with Crippen LogP contribution >= 0.6 is 0 Å². The van der Waals surface area contributed by atoms with Crippen LogP contribution < -0.4 is 0 Å². The molecule has 0 saturated heterocycles. The van der Waals surface area contributed by atoms with Crippen molar-refractivity contribution >= 4 is 11.0 Å². The molecule has 1 saturated carbocycles. The van der Waals surface area contributed by atoms with Gasteiger partial charge in [0.15, 0.2) is 0 Å². The summed E-state index contributed by atoms with van der Waals surface area (Å²) in [6.07, 6.45) is 8.65. The largest absolute Gasteiger partial charge is 0.338 e. The second-order valence-electron chi connectivity index (χ2n) is 8.71. The van der Waals surface area contributed by atoms with E-state index in [9.17, 15) is 0 Å². The summed E-state index contributed by atoms with van der Waals surface area (Å²) in [6, 6.07) is 24.7. The molecule has 2 heteroatoms. The van der Waals surface area contributed by atoms with Crippen LogP contribution in [0.3, 0.4) is 0 Å². The maximum Gasteiger partial charge on any atom is 0.138 e. The Hall–Kier alpha value is -2.87. The van der Waals surface area contributed by atoms with Crippen molar-refractivity contribution < 1.29 is 0 Å². The van der Waals surface area contributed by atoms with Gasteiger partial charge in [0.1, 0.15) is 5.82 Å². The molecule has 0 spiro atoms. The highest BCUT2D eigenvalue weighted by Gasteiger charge is 2.17. The van der Waals surface area contributed by atoms with Crippen LogP contribution in [0.4, 0.5) is 0 Å². The predicted octanol–water partition coefficient (Wildman–Crippen LogP) is 7.24. The topological polar surface area (TPSA) is 28.7 Å². The van der Waals surface area contributed by atoms with E-state index in [4.69, 9.17) is 4.98 Å². The minimum absolute atomic E-state index is 0.735. The lowest BCUT2D eigenvalue weighted by Gasteiger charge is -2.08. The van der Waals surface area contributed by atoms with Crippen LogP contribution in [-0.4, -0.2) is 9.97 Å². The van der Waals surface area contributed by atoms with Gasteiger partial charge in [0, 0.05) is 5.56 Å². The van der Waals surface area contributed by atoms with Gasteiger partial charge < -0.3 is 4.98 Å². The van der Waals surface area contributed by atoms with Gasteiger partial charge in [-0.2, -0.15) is 0 Å². The maximum absolute atomic E-state index is 4.83. The molecule has 3 aromatic carbocycles. The molecule has 152 valence electrons. The summed E-state index contributed by atoms with van der Waals surface area (Å²) in [5.41, 5.74) is 9.04. The maximum atomic E-state index is 4.83. The molecular formula is C28H30N2. The number of nitrogens with one attached hydrogen (secondary N) is 1. The zero-order chi connectivity index (χ0) is 20.3. The van der Waals surface area contributed by atoms with E-state index < -0.39 is 0 Å². The number of rotatable bonds is 6. The molecule has 0 bridgehead atoms. The Morgan fingerprint density at radius 3 is 2.10 bits per heavy atom. The fourth-order valence-electron chi connectivity index (χ4n) is 4.74. The van der Waals surface area contributed by atoms with Gasteiger partial charge in [-0.3, -0.25) is 0 Å². The second kappa shape index (κ2) is 8.47. The van der Waals surface area contributed by atoms with Gasteiger partial charge in [-0.1, -0.05) is 74.4 Å². The molecule has 0 unspecified atom stereocenters. The molecule has 1 heterocycles. The zero-order valence-electron chi connectivity index (χ0n) is 17.8. The number of fused-ring (bicyclic) bond motifs is 1. The molecule has 1 aromatic heterocycles. The van der Waals surface area contributed by atoms with Crippen LogP contribution in [0.25, 0.3) is 22.4 Å². The Morgan fingerprint density at radius 1 is 0.800 bits per heavy atom. The lowest BCUT2D eigenvalue weighted by molar-refractivity contribution is 0.724. The summed E-state index contributed by atoms with van der Waals surface area (Å²) in [4.78, 5) is 8.39. The van der Waals surface area contributed by atoms with E-state index in [1.54, 1.807) is 0 Å². The third kappa shape index (κ3) is 4.05. The Kier molecular flexibility index (Phi) is 5.40. The van der Waals surface area contributed by atoms with Gasteiger partial charge in [-0.05, 0) is 72.4 Å². The fourth-order valence-corrected chi connectivity index (χ4v) is 4.74. The SMILES string of the molecule is CCc1ccc(CCc2ccc(-c3nc4ccc(C5CCCC5)cc4[nH]3)cc2)cc1. The molecule has 30 heavy (non-hydrogen) atoms. The standard InChI is InChI=1S/C28H30N2/c1-2-20-7-9-21(10-8-20)11-12-22-13-15-24(16-14-22)28-29-26-18-17-25(19-27(26)30-28)23-5-3-4-6-23/h7-10,13-19,23H,2-6,11-12H2,1H3,(H,29,30). The Morgan fingerprint density at radius 2 is 1.43 bits per heavy atom. The minimum Gasteiger partial charge on any atom is -0.338 e. The molecular weight excluding hydrogens is 364 g/mol. The van der Waals surface area contributed by atoms with E-state index in [0.29, 0.717) is 0 Å². The van der Waals surface area contributed by atoms with Crippen molar-refractivity contribution in [3.8, 4) is 11.4 Å². The fraction of sp³-hybridized carbons (Fsp3) is 0.321. The molecule has 1 N–H and O–H groups in total. The number of aromatic nitrogens is 2. The van der Waals surface area contributed by atoms with Crippen LogP contribution in [0, 0.1) is 0 Å². The molecule has 2 nitrogen and oxygen atoms in total. The van der Waals surface area contributed by atoms with Crippen molar-refractivity contribution in [1.82, 2.24) is 9.97 Å². The molecule has 1 fully saturated rings. The lowest BCUT2D eigenvalue weighted by atomic mass is 9.97. The molecule has 4 aromatic rings. The van der Waals surface area contributed by atoms with E-state index in [1.165, 1.54) is 47.9 Å². The molecule has 0 amide bonds. The van der Waals surface area contributed by atoms with Gasteiger partial charge in [0.05, 0.1) is 11.0 Å². The van der Waals surface area contributed by atoms with E-state index in [0.717, 1.165) is 47.6 Å². The van der Waals surface area contributed by atoms with E-state index in [-0.39, 0.29) is 0 Å². The number of benzene rings is 3. The normalized spacial score (nSPS) is 14.6. The minimum atomic E-state index is 0.735. The van der Waals surface area contributed by atoms with E-state index in [1.807, 2.05) is 0 Å². The number of H-pyrrole nitrogens is 1. The molecule has 1 aliphatic rings.